The van der Waals surface area contributed by atoms with Crippen molar-refractivity contribution < 1.29 is 14.3 Å². The van der Waals surface area contributed by atoms with E-state index in [0.717, 1.165) is 22.0 Å². The summed E-state index contributed by atoms with van der Waals surface area (Å²) in [5.74, 6) is 0.829. The highest BCUT2D eigenvalue weighted by Crippen LogP contribution is 2.37. The first-order chi connectivity index (χ1) is 15.0. The minimum Gasteiger partial charge on any atom is -0.493 e. The first-order valence-electron chi connectivity index (χ1n) is 9.89. The van der Waals surface area contributed by atoms with Gasteiger partial charge in [-0.3, -0.25) is 4.79 Å². The van der Waals surface area contributed by atoms with Gasteiger partial charge in [-0.15, -0.1) is 0 Å². The highest BCUT2D eigenvalue weighted by atomic mass is 79.9. The number of hydrogen-bond acceptors (Lipinski definition) is 3. The maximum absolute atomic E-state index is 12.9. The zero-order valence-electron chi connectivity index (χ0n) is 17.3. The minimum atomic E-state index is -0.223. The summed E-state index contributed by atoms with van der Waals surface area (Å²) in [6.45, 7) is 2.45. The average Bonchev–Trinajstić information content (AvgIpc) is 2.78. The van der Waals surface area contributed by atoms with Crippen molar-refractivity contribution in [2.24, 2.45) is 0 Å². The normalized spacial score (nSPS) is 10.7. The number of amides is 1. The van der Waals surface area contributed by atoms with Crippen molar-refractivity contribution >= 4 is 38.3 Å². The maximum atomic E-state index is 12.9. The smallest absolute Gasteiger partial charge is 0.255 e. The molecule has 4 aromatic rings. The largest absolute Gasteiger partial charge is 0.493 e. The molecule has 0 heterocycles. The van der Waals surface area contributed by atoms with Crippen LogP contribution >= 0.6 is 15.9 Å². The van der Waals surface area contributed by atoms with Crippen molar-refractivity contribution in [3.63, 3.8) is 0 Å². The van der Waals surface area contributed by atoms with Crippen molar-refractivity contribution in [3.8, 4) is 11.5 Å². The quantitative estimate of drug-likeness (QED) is 0.335. The molecular formula is C26H22BrNO3. The van der Waals surface area contributed by atoms with Gasteiger partial charge in [-0.05, 0) is 63.5 Å². The summed E-state index contributed by atoms with van der Waals surface area (Å²) in [6.07, 6.45) is 0. The number of fused-ring (bicyclic) bond motifs is 1. The van der Waals surface area contributed by atoms with E-state index in [2.05, 4.69) is 21.2 Å². The van der Waals surface area contributed by atoms with Gasteiger partial charge >= 0.3 is 0 Å². The molecule has 0 aliphatic rings. The number of nitrogens with one attached hydrogen (secondary N) is 1. The van der Waals surface area contributed by atoms with Crippen LogP contribution in [0.15, 0.2) is 83.3 Å². The van der Waals surface area contributed by atoms with E-state index >= 15 is 0 Å². The molecule has 0 saturated heterocycles. The molecule has 31 heavy (non-hydrogen) atoms. The highest BCUT2D eigenvalue weighted by molar-refractivity contribution is 9.10. The van der Waals surface area contributed by atoms with Gasteiger partial charge in [0.05, 0.1) is 11.6 Å². The summed E-state index contributed by atoms with van der Waals surface area (Å²) in [5.41, 5.74) is 3.46. The van der Waals surface area contributed by atoms with E-state index < -0.39 is 0 Å². The Bertz CT molecular complexity index is 1240. The summed E-state index contributed by atoms with van der Waals surface area (Å²) in [7, 11) is 1.56. The fraction of sp³-hybridized carbons (Fsp3) is 0.115. The first kappa shape index (κ1) is 20.9. The molecule has 0 aromatic heterocycles. The van der Waals surface area contributed by atoms with Crippen LogP contribution in [0.3, 0.4) is 0 Å². The molecule has 0 fully saturated rings. The van der Waals surface area contributed by atoms with Gasteiger partial charge in [0.15, 0.2) is 11.5 Å². The van der Waals surface area contributed by atoms with Crippen LogP contribution in [0.1, 0.15) is 21.5 Å². The van der Waals surface area contributed by atoms with Crippen LogP contribution in [0.5, 0.6) is 11.5 Å². The number of aryl methyl sites for hydroxylation is 1. The van der Waals surface area contributed by atoms with Crippen molar-refractivity contribution in [1.82, 2.24) is 0 Å². The zero-order valence-corrected chi connectivity index (χ0v) is 18.9. The first-order valence-corrected chi connectivity index (χ1v) is 10.7. The fourth-order valence-electron chi connectivity index (χ4n) is 3.30. The Balaban J connectivity index is 1.53. The monoisotopic (exact) mass is 475 g/mol. The Morgan fingerprint density at radius 1 is 0.935 bits per heavy atom. The molecular weight excluding hydrogens is 454 g/mol. The SMILES string of the molecule is COc1cc(C(=O)Nc2ccc3ccccc3c2)cc(Br)c1OCc1ccc(C)cc1. The Hall–Kier alpha value is -3.31. The fourth-order valence-corrected chi connectivity index (χ4v) is 3.86. The van der Waals surface area contributed by atoms with Crippen LogP contribution in [-0.4, -0.2) is 13.0 Å². The van der Waals surface area contributed by atoms with E-state index in [4.69, 9.17) is 9.47 Å². The summed E-state index contributed by atoms with van der Waals surface area (Å²) in [6, 6.07) is 25.4. The molecule has 5 heteroatoms. The van der Waals surface area contributed by atoms with E-state index in [1.165, 1.54) is 5.56 Å². The second-order valence-corrected chi connectivity index (χ2v) is 8.13. The predicted octanol–water partition coefficient (Wildman–Crippen LogP) is 6.75. The molecule has 0 aliphatic heterocycles. The lowest BCUT2D eigenvalue weighted by Crippen LogP contribution is -2.12. The summed E-state index contributed by atoms with van der Waals surface area (Å²) in [4.78, 5) is 12.9. The van der Waals surface area contributed by atoms with E-state index in [1.54, 1.807) is 19.2 Å². The van der Waals surface area contributed by atoms with E-state index in [0.29, 0.717) is 28.1 Å². The van der Waals surface area contributed by atoms with Gasteiger partial charge in [0, 0.05) is 11.3 Å². The van der Waals surface area contributed by atoms with Crippen LogP contribution < -0.4 is 14.8 Å². The zero-order chi connectivity index (χ0) is 21.8. The number of carbonyl (C=O) groups excluding carboxylic acids is 1. The van der Waals surface area contributed by atoms with Gasteiger partial charge < -0.3 is 14.8 Å². The van der Waals surface area contributed by atoms with Crippen LogP contribution in [-0.2, 0) is 6.61 Å². The molecule has 0 radical (unpaired) electrons. The average molecular weight is 476 g/mol. The topological polar surface area (TPSA) is 47.6 Å². The summed E-state index contributed by atoms with van der Waals surface area (Å²) < 4.78 is 12.1. The number of carbonyl (C=O) groups is 1. The van der Waals surface area contributed by atoms with E-state index in [9.17, 15) is 4.79 Å². The van der Waals surface area contributed by atoms with E-state index in [1.807, 2.05) is 73.7 Å². The maximum Gasteiger partial charge on any atom is 0.255 e. The minimum absolute atomic E-state index is 0.223. The van der Waals surface area contributed by atoms with Crippen molar-refractivity contribution in [2.45, 2.75) is 13.5 Å². The Morgan fingerprint density at radius 3 is 2.42 bits per heavy atom. The summed E-state index contributed by atoms with van der Waals surface area (Å²) >= 11 is 3.53. The standard InChI is InChI=1S/C26H22BrNO3/c1-17-7-9-18(10-8-17)16-31-25-23(27)14-21(15-24(25)30-2)26(29)28-22-12-11-19-5-3-4-6-20(19)13-22/h3-15H,16H2,1-2H3,(H,28,29). The molecule has 0 unspecified atom stereocenters. The third-order valence-electron chi connectivity index (χ3n) is 5.00. The van der Waals surface area contributed by atoms with Gasteiger partial charge in [-0.25, -0.2) is 0 Å². The van der Waals surface area contributed by atoms with E-state index in [-0.39, 0.29) is 5.91 Å². The molecule has 0 bridgehead atoms. The Labute approximate surface area is 189 Å². The number of hydrogen-bond donors (Lipinski definition) is 1. The number of methoxy groups -OCH3 is 1. The molecule has 4 rings (SSSR count). The van der Waals surface area contributed by atoms with Crippen LogP contribution in [0.2, 0.25) is 0 Å². The number of benzene rings is 4. The van der Waals surface area contributed by atoms with Crippen LogP contribution in [0, 0.1) is 6.92 Å². The third-order valence-corrected chi connectivity index (χ3v) is 5.59. The van der Waals surface area contributed by atoms with Gasteiger partial charge in [0.25, 0.3) is 5.91 Å². The predicted molar refractivity (Wildman–Crippen MR) is 128 cm³/mol. The van der Waals surface area contributed by atoms with Gasteiger partial charge in [0.2, 0.25) is 0 Å². The molecule has 0 spiro atoms. The second kappa shape index (κ2) is 9.23. The lowest BCUT2D eigenvalue weighted by Gasteiger charge is -2.15. The Morgan fingerprint density at radius 2 is 1.68 bits per heavy atom. The van der Waals surface area contributed by atoms with Gasteiger partial charge in [-0.2, -0.15) is 0 Å². The molecule has 1 N–H and O–H groups in total. The second-order valence-electron chi connectivity index (χ2n) is 7.28. The van der Waals surface area contributed by atoms with Crippen molar-refractivity contribution in [2.75, 3.05) is 12.4 Å². The van der Waals surface area contributed by atoms with Crippen LogP contribution in [0.4, 0.5) is 5.69 Å². The van der Waals surface area contributed by atoms with Gasteiger partial charge in [0.1, 0.15) is 6.61 Å². The molecule has 4 aromatic carbocycles. The van der Waals surface area contributed by atoms with Crippen molar-refractivity contribution in [1.29, 1.82) is 0 Å². The highest BCUT2D eigenvalue weighted by Gasteiger charge is 2.16. The molecule has 4 nitrogen and oxygen atoms in total. The lowest BCUT2D eigenvalue weighted by molar-refractivity contribution is 0.102. The number of rotatable bonds is 6. The Kier molecular flexibility index (Phi) is 6.23. The summed E-state index contributed by atoms with van der Waals surface area (Å²) in [5, 5.41) is 5.15. The molecule has 156 valence electrons. The molecule has 0 atom stereocenters. The molecule has 0 aliphatic carbocycles. The van der Waals surface area contributed by atoms with Crippen molar-refractivity contribution in [3.05, 3.63) is 100 Å². The van der Waals surface area contributed by atoms with Gasteiger partial charge in [-0.1, -0.05) is 60.2 Å². The third kappa shape index (κ3) is 4.89. The molecule has 1 amide bonds. The lowest BCUT2D eigenvalue weighted by atomic mass is 10.1. The number of ether oxygens (including phenoxy) is 2. The molecule has 0 saturated carbocycles. The number of anilines is 1. The number of halogens is 1. The van der Waals surface area contributed by atoms with Crippen LogP contribution in [0.25, 0.3) is 10.8 Å².